The highest BCUT2D eigenvalue weighted by atomic mass is 15.2. The van der Waals surface area contributed by atoms with Crippen molar-refractivity contribution in [2.24, 2.45) is 0 Å². The Morgan fingerprint density at radius 2 is 1.93 bits per heavy atom. The molecule has 0 aliphatic rings. The van der Waals surface area contributed by atoms with Gasteiger partial charge in [0.15, 0.2) is 13.5 Å². The van der Waals surface area contributed by atoms with Crippen LogP contribution in [0.1, 0.15) is 26.5 Å². The van der Waals surface area contributed by atoms with Crippen LogP contribution in [0.3, 0.4) is 0 Å². The highest BCUT2D eigenvalue weighted by Gasteiger charge is 2.18. The number of rotatable bonds is 0. The quantitative estimate of drug-likeness (QED) is 0.587. The van der Waals surface area contributed by atoms with E-state index in [-0.39, 0.29) is 5.54 Å². The van der Waals surface area contributed by atoms with Crippen LogP contribution in [0, 0.1) is 6.92 Å². The fraction of sp³-hybridized carbons (Fsp3) is 0.500. The van der Waals surface area contributed by atoms with E-state index in [2.05, 4.69) is 35.7 Å². The molecule has 0 unspecified atom stereocenters. The minimum absolute atomic E-state index is 0.0536. The highest BCUT2D eigenvalue weighted by Crippen LogP contribution is 2.20. The van der Waals surface area contributed by atoms with Gasteiger partial charge in [-0.2, -0.15) is 0 Å². The molecule has 0 saturated heterocycles. The molecule has 2 rings (SSSR count). The van der Waals surface area contributed by atoms with Crippen LogP contribution in [0.2, 0.25) is 0 Å². The predicted octanol–water partition coefficient (Wildman–Crippen LogP) is 0.684. The second kappa shape index (κ2) is 3.05. The summed E-state index contributed by atoms with van der Waals surface area (Å²) < 4.78 is 2.01. The van der Waals surface area contributed by atoms with Crippen molar-refractivity contribution in [2.45, 2.75) is 33.2 Å². The number of imidazole rings is 1. The first kappa shape index (κ1) is 10.1. The molecular formula is C10H13BN4. The van der Waals surface area contributed by atoms with E-state index in [9.17, 15) is 0 Å². The SMILES string of the molecule is [B]c1nc(C)c2ncn(C(C)(C)C)c2n1. The molecule has 0 aliphatic heterocycles. The van der Waals surface area contributed by atoms with Gasteiger partial charge in [0.25, 0.3) is 0 Å². The minimum Gasteiger partial charge on any atom is -0.310 e. The fourth-order valence-corrected chi connectivity index (χ4v) is 1.55. The van der Waals surface area contributed by atoms with Gasteiger partial charge in [0, 0.05) is 5.54 Å². The molecule has 15 heavy (non-hydrogen) atoms. The van der Waals surface area contributed by atoms with Gasteiger partial charge >= 0.3 is 0 Å². The first-order chi connectivity index (χ1) is 6.89. The van der Waals surface area contributed by atoms with Crippen LogP contribution in [0.15, 0.2) is 6.33 Å². The summed E-state index contributed by atoms with van der Waals surface area (Å²) in [6.07, 6.45) is 1.78. The molecule has 0 amide bonds. The van der Waals surface area contributed by atoms with Crippen molar-refractivity contribution in [1.29, 1.82) is 0 Å². The highest BCUT2D eigenvalue weighted by molar-refractivity contribution is 6.29. The van der Waals surface area contributed by atoms with E-state index >= 15 is 0 Å². The third-order valence-electron chi connectivity index (χ3n) is 2.31. The van der Waals surface area contributed by atoms with Crippen LogP contribution in [-0.2, 0) is 5.54 Å². The first-order valence-electron chi connectivity index (χ1n) is 4.87. The lowest BCUT2D eigenvalue weighted by Gasteiger charge is -2.21. The molecular weight excluding hydrogens is 187 g/mol. The Labute approximate surface area is 90.2 Å². The largest absolute Gasteiger partial charge is 0.310 e. The standard InChI is InChI=1S/C10H13BN4/c1-6-7-8(14-9(11)13-6)15(5-12-7)10(2,3)4/h5H,1-4H3. The van der Waals surface area contributed by atoms with E-state index in [1.807, 2.05) is 11.5 Å². The number of fused-ring (bicyclic) bond motifs is 1. The zero-order chi connectivity index (χ0) is 11.2. The third kappa shape index (κ3) is 1.62. The molecule has 2 heterocycles. The van der Waals surface area contributed by atoms with Crippen molar-refractivity contribution in [2.75, 3.05) is 0 Å². The Balaban J connectivity index is 2.80. The summed E-state index contributed by atoms with van der Waals surface area (Å²) in [6.45, 7) is 8.19. The number of hydrogen-bond donors (Lipinski definition) is 0. The average molecular weight is 200 g/mol. The smallest absolute Gasteiger partial charge is 0.170 e. The lowest BCUT2D eigenvalue weighted by Crippen LogP contribution is -2.23. The molecule has 0 saturated carbocycles. The van der Waals surface area contributed by atoms with Crippen LogP contribution < -0.4 is 5.72 Å². The molecule has 0 aliphatic carbocycles. The maximum absolute atomic E-state index is 5.63. The van der Waals surface area contributed by atoms with Gasteiger partial charge in [-0.05, 0) is 27.7 Å². The van der Waals surface area contributed by atoms with E-state index < -0.39 is 0 Å². The zero-order valence-electron chi connectivity index (χ0n) is 9.44. The van der Waals surface area contributed by atoms with Crippen LogP contribution in [0.4, 0.5) is 0 Å². The Kier molecular flexibility index (Phi) is 2.06. The molecule has 5 heteroatoms. The van der Waals surface area contributed by atoms with Crippen LogP contribution in [0.5, 0.6) is 0 Å². The molecule has 4 nitrogen and oxygen atoms in total. The molecule has 76 valence electrons. The normalized spacial score (nSPS) is 12.3. The van der Waals surface area contributed by atoms with Gasteiger partial charge in [0.1, 0.15) is 5.52 Å². The Hall–Kier alpha value is -1.39. The molecule has 0 bridgehead atoms. The zero-order valence-corrected chi connectivity index (χ0v) is 9.44. The summed E-state index contributed by atoms with van der Waals surface area (Å²) in [5.74, 6) is 0. The second-order valence-electron chi connectivity index (χ2n) is 4.62. The van der Waals surface area contributed by atoms with Crippen molar-refractivity contribution in [3.8, 4) is 0 Å². The maximum Gasteiger partial charge on any atom is 0.170 e. The number of hydrogen-bond acceptors (Lipinski definition) is 3. The lowest BCUT2D eigenvalue weighted by molar-refractivity contribution is 0.406. The van der Waals surface area contributed by atoms with Gasteiger partial charge in [0.2, 0.25) is 0 Å². The van der Waals surface area contributed by atoms with Gasteiger partial charge < -0.3 is 4.57 Å². The van der Waals surface area contributed by atoms with Gasteiger partial charge in [-0.3, -0.25) is 0 Å². The molecule has 2 aromatic rings. The van der Waals surface area contributed by atoms with E-state index in [0.29, 0.717) is 5.72 Å². The summed E-state index contributed by atoms with van der Waals surface area (Å²) in [6, 6.07) is 0. The van der Waals surface area contributed by atoms with Gasteiger partial charge in [0.05, 0.1) is 17.7 Å². The summed E-state index contributed by atoms with van der Waals surface area (Å²) in [5.41, 5.74) is 2.68. The summed E-state index contributed by atoms with van der Waals surface area (Å²) >= 11 is 0. The number of aryl methyl sites for hydroxylation is 1. The Morgan fingerprint density at radius 1 is 1.27 bits per heavy atom. The van der Waals surface area contributed by atoms with Crippen LogP contribution >= 0.6 is 0 Å². The number of nitrogens with zero attached hydrogens (tertiary/aromatic N) is 4. The lowest BCUT2D eigenvalue weighted by atomic mass is 10.1. The molecule has 0 aromatic carbocycles. The van der Waals surface area contributed by atoms with Crippen LogP contribution in [-0.4, -0.2) is 27.4 Å². The number of aromatic nitrogens is 4. The second-order valence-corrected chi connectivity index (χ2v) is 4.62. The summed E-state index contributed by atoms with van der Waals surface area (Å²) in [5, 5.41) is 0. The van der Waals surface area contributed by atoms with Crippen molar-refractivity contribution in [3.63, 3.8) is 0 Å². The van der Waals surface area contributed by atoms with Gasteiger partial charge in [-0.25, -0.2) is 15.0 Å². The molecule has 0 atom stereocenters. The monoisotopic (exact) mass is 200 g/mol. The van der Waals surface area contributed by atoms with E-state index in [1.54, 1.807) is 6.33 Å². The molecule has 0 fully saturated rings. The van der Waals surface area contributed by atoms with Crippen LogP contribution in [0.25, 0.3) is 11.2 Å². The van der Waals surface area contributed by atoms with Gasteiger partial charge in [-0.15, -0.1) is 0 Å². The summed E-state index contributed by atoms with van der Waals surface area (Å²) in [4.78, 5) is 12.6. The average Bonchev–Trinajstić information content (AvgIpc) is 2.45. The van der Waals surface area contributed by atoms with Crippen molar-refractivity contribution < 1.29 is 0 Å². The first-order valence-corrected chi connectivity index (χ1v) is 4.87. The van der Waals surface area contributed by atoms with Crippen molar-refractivity contribution >= 4 is 24.7 Å². The Morgan fingerprint density at radius 3 is 2.53 bits per heavy atom. The van der Waals surface area contributed by atoms with Crippen molar-refractivity contribution in [3.05, 3.63) is 12.0 Å². The minimum atomic E-state index is -0.0536. The topological polar surface area (TPSA) is 43.6 Å². The third-order valence-corrected chi connectivity index (χ3v) is 2.31. The molecule has 2 radical (unpaired) electrons. The van der Waals surface area contributed by atoms with Crippen molar-refractivity contribution in [1.82, 2.24) is 19.5 Å². The summed E-state index contributed by atoms with van der Waals surface area (Å²) in [7, 11) is 5.63. The maximum atomic E-state index is 5.63. The van der Waals surface area contributed by atoms with Gasteiger partial charge in [-0.1, -0.05) is 0 Å². The van der Waals surface area contributed by atoms with E-state index in [1.165, 1.54) is 0 Å². The van der Waals surface area contributed by atoms with E-state index in [4.69, 9.17) is 7.85 Å². The fourth-order valence-electron chi connectivity index (χ4n) is 1.55. The predicted molar refractivity (Wildman–Crippen MR) is 60.4 cm³/mol. The molecule has 0 spiro atoms. The van der Waals surface area contributed by atoms with E-state index in [0.717, 1.165) is 16.9 Å². The molecule has 2 aromatic heterocycles. The Bertz CT molecular complexity index is 510. The molecule has 0 N–H and O–H groups in total.